The maximum atomic E-state index is 13.0. The third-order valence-electron chi connectivity index (χ3n) is 3.05. The molecule has 0 saturated heterocycles. The predicted molar refractivity (Wildman–Crippen MR) is 72.1 cm³/mol. The fourth-order valence-corrected chi connectivity index (χ4v) is 1.99. The molecule has 0 aliphatic carbocycles. The molecule has 0 saturated carbocycles. The van der Waals surface area contributed by atoms with E-state index in [9.17, 15) is 13.6 Å². The van der Waals surface area contributed by atoms with Crippen molar-refractivity contribution in [2.45, 2.75) is 19.4 Å². The Morgan fingerprint density at radius 2 is 1.95 bits per heavy atom. The smallest absolute Gasteiger partial charge is 0.371 e. The van der Waals surface area contributed by atoms with Crippen LogP contribution in [0.2, 0.25) is 0 Å². The Kier molecular flexibility index (Phi) is 4.70. The molecule has 21 heavy (non-hydrogen) atoms. The minimum Gasteiger partial charge on any atom is -0.475 e. The van der Waals surface area contributed by atoms with Crippen LogP contribution in [0.3, 0.4) is 0 Å². The molecule has 2 rings (SSSR count). The van der Waals surface area contributed by atoms with Gasteiger partial charge in [0.05, 0.1) is 6.04 Å². The van der Waals surface area contributed by atoms with E-state index < -0.39 is 17.6 Å². The van der Waals surface area contributed by atoms with E-state index in [4.69, 9.17) is 9.52 Å². The number of rotatable bonds is 6. The van der Waals surface area contributed by atoms with Gasteiger partial charge in [0.15, 0.2) is 0 Å². The second-order valence-electron chi connectivity index (χ2n) is 4.71. The van der Waals surface area contributed by atoms with E-state index in [1.165, 1.54) is 18.2 Å². The third-order valence-corrected chi connectivity index (χ3v) is 3.05. The average Bonchev–Trinajstić information content (AvgIpc) is 2.87. The molecule has 0 aliphatic heterocycles. The van der Waals surface area contributed by atoms with Crippen molar-refractivity contribution in [2.75, 3.05) is 6.54 Å². The van der Waals surface area contributed by atoms with Gasteiger partial charge in [-0.05, 0) is 49.7 Å². The summed E-state index contributed by atoms with van der Waals surface area (Å²) in [5.41, 5.74) is 0.554. The standard InChI is InChI=1S/C15H15F2NO3/c1-9(13-2-3-14(21-13)15(19)20)18-5-4-10-6-11(16)8-12(17)7-10/h2-3,6-9,18H,4-5H2,1H3,(H,19,20). The highest BCUT2D eigenvalue weighted by Gasteiger charge is 2.13. The van der Waals surface area contributed by atoms with Crippen LogP contribution < -0.4 is 5.32 Å². The topological polar surface area (TPSA) is 62.5 Å². The van der Waals surface area contributed by atoms with Gasteiger partial charge in [-0.1, -0.05) is 0 Å². The van der Waals surface area contributed by atoms with E-state index in [2.05, 4.69) is 5.32 Å². The number of aromatic carboxylic acids is 1. The van der Waals surface area contributed by atoms with Crippen LogP contribution in [0.15, 0.2) is 34.7 Å². The van der Waals surface area contributed by atoms with Gasteiger partial charge in [0.25, 0.3) is 0 Å². The molecule has 1 atom stereocenters. The summed E-state index contributed by atoms with van der Waals surface area (Å²) in [6.07, 6.45) is 0.450. The van der Waals surface area contributed by atoms with Crippen LogP contribution in [0.5, 0.6) is 0 Å². The van der Waals surface area contributed by atoms with Gasteiger partial charge in [0, 0.05) is 6.07 Å². The van der Waals surface area contributed by atoms with Gasteiger partial charge in [-0.2, -0.15) is 0 Å². The molecule has 0 radical (unpaired) electrons. The summed E-state index contributed by atoms with van der Waals surface area (Å²) < 4.78 is 31.2. The van der Waals surface area contributed by atoms with Crippen molar-refractivity contribution in [3.63, 3.8) is 0 Å². The highest BCUT2D eigenvalue weighted by molar-refractivity contribution is 5.84. The maximum Gasteiger partial charge on any atom is 0.371 e. The number of carboxylic acids is 1. The van der Waals surface area contributed by atoms with E-state index in [0.717, 1.165) is 6.07 Å². The predicted octanol–water partition coefficient (Wildman–Crippen LogP) is 3.15. The Bertz CT molecular complexity index is 619. The summed E-state index contributed by atoms with van der Waals surface area (Å²) in [6, 6.07) is 6.17. The quantitative estimate of drug-likeness (QED) is 0.859. The maximum absolute atomic E-state index is 13.0. The fourth-order valence-electron chi connectivity index (χ4n) is 1.99. The van der Waals surface area contributed by atoms with Gasteiger partial charge in [0.2, 0.25) is 5.76 Å². The molecule has 0 aliphatic rings. The largest absolute Gasteiger partial charge is 0.475 e. The van der Waals surface area contributed by atoms with Crippen LogP contribution in [0.4, 0.5) is 8.78 Å². The summed E-state index contributed by atoms with van der Waals surface area (Å²) in [5.74, 6) is -1.95. The van der Waals surface area contributed by atoms with Crippen LogP contribution >= 0.6 is 0 Å². The molecule has 1 aromatic heterocycles. The normalized spacial score (nSPS) is 12.3. The zero-order valence-corrected chi connectivity index (χ0v) is 11.4. The summed E-state index contributed by atoms with van der Waals surface area (Å²) in [5, 5.41) is 11.9. The summed E-state index contributed by atoms with van der Waals surface area (Å²) in [7, 11) is 0. The van der Waals surface area contributed by atoms with Gasteiger partial charge in [-0.25, -0.2) is 13.6 Å². The lowest BCUT2D eigenvalue weighted by atomic mass is 10.1. The van der Waals surface area contributed by atoms with E-state index in [-0.39, 0.29) is 11.8 Å². The molecule has 2 aromatic rings. The fraction of sp³-hybridized carbons (Fsp3) is 0.267. The van der Waals surface area contributed by atoms with Gasteiger partial charge >= 0.3 is 5.97 Å². The monoisotopic (exact) mass is 295 g/mol. The van der Waals surface area contributed by atoms with Crippen LogP contribution in [-0.4, -0.2) is 17.6 Å². The molecular formula is C15H15F2NO3. The lowest BCUT2D eigenvalue weighted by molar-refractivity contribution is 0.0659. The Morgan fingerprint density at radius 1 is 1.29 bits per heavy atom. The van der Waals surface area contributed by atoms with Crippen molar-refractivity contribution in [1.82, 2.24) is 5.32 Å². The van der Waals surface area contributed by atoms with Gasteiger partial charge in [0.1, 0.15) is 17.4 Å². The molecule has 2 N–H and O–H groups in total. The van der Waals surface area contributed by atoms with Crippen molar-refractivity contribution in [2.24, 2.45) is 0 Å². The third kappa shape index (κ3) is 4.13. The van der Waals surface area contributed by atoms with Crippen LogP contribution in [0.25, 0.3) is 0 Å². The summed E-state index contributed by atoms with van der Waals surface area (Å²) in [4.78, 5) is 10.7. The molecule has 0 spiro atoms. The second-order valence-corrected chi connectivity index (χ2v) is 4.71. The molecule has 1 aromatic carbocycles. The van der Waals surface area contributed by atoms with Crippen molar-refractivity contribution < 1.29 is 23.1 Å². The molecule has 112 valence electrons. The Balaban J connectivity index is 1.88. The molecule has 6 heteroatoms. The van der Waals surface area contributed by atoms with E-state index in [1.807, 2.05) is 6.92 Å². The SMILES string of the molecule is CC(NCCc1cc(F)cc(F)c1)c1ccc(C(=O)O)o1. The molecule has 1 heterocycles. The van der Waals surface area contributed by atoms with Crippen LogP contribution in [0, 0.1) is 11.6 Å². The minimum atomic E-state index is -1.12. The van der Waals surface area contributed by atoms with Gasteiger partial charge in [-0.15, -0.1) is 0 Å². The first-order valence-corrected chi connectivity index (χ1v) is 6.47. The lowest BCUT2D eigenvalue weighted by Gasteiger charge is -2.11. The van der Waals surface area contributed by atoms with Crippen LogP contribution in [-0.2, 0) is 6.42 Å². The van der Waals surface area contributed by atoms with Crippen LogP contribution in [0.1, 0.15) is 34.8 Å². The van der Waals surface area contributed by atoms with Crippen molar-refractivity contribution in [3.05, 3.63) is 59.1 Å². The zero-order valence-electron chi connectivity index (χ0n) is 11.4. The van der Waals surface area contributed by atoms with Crippen molar-refractivity contribution in [3.8, 4) is 0 Å². The zero-order chi connectivity index (χ0) is 15.4. The molecule has 0 fully saturated rings. The molecular weight excluding hydrogens is 280 g/mol. The number of carboxylic acid groups (broad SMARTS) is 1. The Morgan fingerprint density at radius 3 is 2.52 bits per heavy atom. The van der Waals surface area contributed by atoms with Crippen molar-refractivity contribution in [1.29, 1.82) is 0 Å². The number of halogens is 2. The number of nitrogens with one attached hydrogen (secondary N) is 1. The number of hydrogen-bond donors (Lipinski definition) is 2. The number of benzene rings is 1. The summed E-state index contributed by atoms with van der Waals surface area (Å²) in [6.45, 7) is 2.30. The Hall–Kier alpha value is -2.21. The molecule has 0 bridgehead atoms. The average molecular weight is 295 g/mol. The van der Waals surface area contributed by atoms with Gasteiger partial charge < -0.3 is 14.8 Å². The number of furan rings is 1. The highest BCUT2D eigenvalue weighted by Crippen LogP contribution is 2.16. The number of carbonyl (C=O) groups is 1. The molecule has 1 unspecified atom stereocenters. The molecule has 4 nitrogen and oxygen atoms in total. The first-order valence-electron chi connectivity index (χ1n) is 6.47. The van der Waals surface area contributed by atoms with Gasteiger partial charge in [-0.3, -0.25) is 0 Å². The first-order chi connectivity index (χ1) is 9.95. The number of hydrogen-bond acceptors (Lipinski definition) is 3. The lowest BCUT2D eigenvalue weighted by Crippen LogP contribution is -2.21. The highest BCUT2D eigenvalue weighted by atomic mass is 19.1. The molecule has 0 amide bonds. The van der Waals surface area contributed by atoms with E-state index in [0.29, 0.717) is 24.3 Å². The summed E-state index contributed by atoms with van der Waals surface area (Å²) >= 11 is 0. The van der Waals surface area contributed by atoms with E-state index in [1.54, 1.807) is 6.07 Å². The second kappa shape index (κ2) is 6.49. The first kappa shape index (κ1) is 15.2. The van der Waals surface area contributed by atoms with E-state index >= 15 is 0 Å². The minimum absolute atomic E-state index is 0.120. The van der Waals surface area contributed by atoms with Crippen molar-refractivity contribution >= 4 is 5.97 Å². The Labute approximate surface area is 120 Å².